The molecule has 0 bridgehead atoms. The average molecular weight is 321 g/mol. The molecule has 1 N–H and O–H groups in total. The molecule has 1 atom stereocenters. The minimum Gasteiger partial charge on any atom is -0.396 e. The van der Waals surface area contributed by atoms with E-state index in [1.165, 1.54) is 17.4 Å². The third kappa shape index (κ3) is 3.28. The van der Waals surface area contributed by atoms with Gasteiger partial charge in [-0.3, -0.25) is 0 Å². The van der Waals surface area contributed by atoms with Gasteiger partial charge in [-0.15, -0.1) is 10.2 Å². The first-order valence-electron chi connectivity index (χ1n) is 7.51. The van der Waals surface area contributed by atoms with Crippen LogP contribution in [-0.4, -0.2) is 35.0 Å². The molecule has 0 aliphatic carbocycles. The summed E-state index contributed by atoms with van der Waals surface area (Å²) < 4.78 is 13.7. The average Bonchev–Trinajstić information content (AvgIpc) is 2.98. The fraction of sp³-hybridized carbons (Fsp3) is 0.500. The van der Waals surface area contributed by atoms with Crippen LogP contribution in [0.2, 0.25) is 0 Å². The first kappa shape index (κ1) is 15.4. The van der Waals surface area contributed by atoms with Gasteiger partial charge >= 0.3 is 0 Å². The van der Waals surface area contributed by atoms with E-state index in [9.17, 15) is 9.50 Å². The van der Waals surface area contributed by atoms with Gasteiger partial charge in [0.2, 0.25) is 5.13 Å². The summed E-state index contributed by atoms with van der Waals surface area (Å²) in [6, 6.07) is 6.76. The number of halogens is 1. The van der Waals surface area contributed by atoms with Crippen LogP contribution in [0.3, 0.4) is 0 Å². The van der Waals surface area contributed by atoms with E-state index in [0.717, 1.165) is 36.1 Å². The number of aliphatic hydroxyl groups is 1. The molecule has 1 aromatic heterocycles. The Hall–Kier alpha value is -1.53. The summed E-state index contributed by atoms with van der Waals surface area (Å²) in [5.74, 6) is -0.204. The molecule has 1 aliphatic rings. The lowest BCUT2D eigenvalue weighted by atomic mass is 9.83. The summed E-state index contributed by atoms with van der Waals surface area (Å²) >= 11 is 1.51. The van der Waals surface area contributed by atoms with E-state index < -0.39 is 0 Å². The van der Waals surface area contributed by atoms with Crippen molar-refractivity contribution in [2.45, 2.75) is 26.2 Å². The number of aromatic nitrogens is 2. The monoisotopic (exact) mass is 321 g/mol. The van der Waals surface area contributed by atoms with Crippen molar-refractivity contribution < 1.29 is 9.50 Å². The molecule has 0 amide bonds. The van der Waals surface area contributed by atoms with Crippen LogP contribution in [0.4, 0.5) is 9.52 Å². The lowest BCUT2D eigenvalue weighted by Gasteiger charge is -2.38. The SMILES string of the molecule is CC1(CO)CCCN(c2nnc(Cc3ccccc3F)s2)C1. The molecule has 0 spiro atoms. The Morgan fingerprint density at radius 1 is 1.36 bits per heavy atom. The second kappa shape index (κ2) is 6.30. The highest BCUT2D eigenvalue weighted by molar-refractivity contribution is 7.15. The van der Waals surface area contributed by atoms with Gasteiger partial charge in [-0.1, -0.05) is 36.5 Å². The number of benzene rings is 1. The Kier molecular flexibility index (Phi) is 4.40. The predicted octanol–water partition coefficient (Wildman–Crippen LogP) is 2.87. The van der Waals surface area contributed by atoms with Gasteiger partial charge < -0.3 is 10.0 Å². The van der Waals surface area contributed by atoms with E-state index in [1.54, 1.807) is 12.1 Å². The van der Waals surface area contributed by atoms with Crippen LogP contribution in [-0.2, 0) is 6.42 Å². The van der Waals surface area contributed by atoms with E-state index in [0.29, 0.717) is 12.0 Å². The summed E-state index contributed by atoms with van der Waals surface area (Å²) in [6.07, 6.45) is 2.54. The van der Waals surface area contributed by atoms with Crippen LogP contribution in [0.15, 0.2) is 24.3 Å². The summed E-state index contributed by atoms with van der Waals surface area (Å²) in [4.78, 5) is 2.18. The third-order valence-electron chi connectivity index (χ3n) is 4.19. The minimum atomic E-state index is -0.204. The van der Waals surface area contributed by atoms with Gasteiger partial charge in [-0.2, -0.15) is 0 Å². The minimum absolute atomic E-state index is 0.0738. The van der Waals surface area contributed by atoms with Crippen molar-refractivity contribution in [2.24, 2.45) is 5.41 Å². The van der Waals surface area contributed by atoms with Crippen molar-refractivity contribution in [2.75, 3.05) is 24.6 Å². The largest absolute Gasteiger partial charge is 0.396 e. The molecular formula is C16H20FN3OS. The van der Waals surface area contributed by atoms with E-state index in [-0.39, 0.29) is 17.8 Å². The van der Waals surface area contributed by atoms with Crippen LogP contribution < -0.4 is 4.90 Å². The number of anilines is 1. The Bertz CT molecular complexity index is 648. The van der Waals surface area contributed by atoms with Crippen molar-refractivity contribution in [3.8, 4) is 0 Å². The summed E-state index contributed by atoms with van der Waals surface area (Å²) in [5, 5.41) is 19.7. The highest BCUT2D eigenvalue weighted by Crippen LogP contribution is 2.33. The molecule has 4 nitrogen and oxygen atoms in total. The van der Waals surface area contributed by atoms with Crippen molar-refractivity contribution in [1.29, 1.82) is 0 Å². The van der Waals surface area contributed by atoms with Crippen molar-refractivity contribution in [3.63, 3.8) is 0 Å². The van der Waals surface area contributed by atoms with Crippen LogP contribution in [0, 0.1) is 11.2 Å². The van der Waals surface area contributed by atoms with Gasteiger partial charge in [-0.25, -0.2) is 4.39 Å². The van der Waals surface area contributed by atoms with Gasteiger partial charge in [0.1, 0.15) is 10.8 Å². The molecule has 1 aliphatic heterocycles. The van der Waals surface area contributed by atoms with Crippen molar-refractivity contribution in [1.82, 2.24) is 10.2 Å². The Morgan fingerprint density at radius 3 is 2.95 bits per heavy atom. The topological polar surface area (TPSA) is 49.2 Å². The van der Waals surface area contributed by atoms with Crippen molar-refractivity contribution >= 4 is 16.5 Å². The molecule has 1 fully saturated rings. The van der Waals surface area contributed by atoms with E-state index >= 15 is 0 Å². The molecule has 2 heterocycles. The molecule has 1 aromatic carbocycles. The first-order chi connectivity index (χ1) is 10.6. The van der Waals surface area contributed by atoms with E-state index in [2.05, 4.69) is 22.0 Å². The molecule has 118 valence electrons. The number of piperidine rings is 1. The summed E-state index contributed by atoms with van der Waals surface area (Å²) in [7, 11) is 0. The summed E-state index contributed by atoms with van der Waals surface area (Å²) in [5.41, 5.74) is 0.569. The molecule has 6 heteroatoms. The number of hydrogen-bond donors (Lipinski definition) is 1. The molecular weight excluding hydrogens is 301 g/mol. The van der Waals surface area contributed by atoms with Gasteiger partial charge in [0, 0.05) is 24.9 Å². The number of rotatable bonds is 4. The molecule has 1 saturated heterocycles. The van der Waals surface area contributed by atoms with Crippen LogP contribution in [0.1, 0.15) is 30.3 Å². The number of aliphatic hydroxyl groups excluding tert-OH is 1. The Balaban J connectivity index is 1.72. The zero-order chi connectivity index (χ0) is 15.6. The standard InChI is InChI=1S/C16H20FN3OS/c1-16(11-21)7-4-8-20(10-16)15-19-18-14(22-15)9-12-5-2-3-6-13(12)17/h2-3,5-6,21H,4,7-11H2,1H3. The van der Waals surface area contributed by atoms with E-state index in [4.69, 9.17) is 0 Å². The van der Waals surface area contributed by atoms with Crippen LogP contribution in [0.5, 0.6) is 0 Å². The second-order valence-corrected chi connectivity index (χ2v) is 7.28. The lowest BCUT2D eigenvalue weighted by molar-refractivity contribution is 0.123. The molecule has 2 aromatic rings. The maximum absolute atomic E-state index is 13.7. The van der Waals surface area contributed by atoms with Gasteiger partial charge in [0.05, 0.1) is 6.61 Å². The molecule has 0 radical (unpaired) electrons. The van der Waals surface area contributed by atoms with Crippen LogP contribution in [0.25, 0.3) is 0 Å². The predicted molar refractivity (Wildman–Crippen MR) is 85.8 cm³/mol. The summed E-state index contributed by atoms with van der Waals surface area (Å²) in [6.45, 7) is 4.01. The molecule has 0 saturated carbocycles. The smallest absolute Gasteiger partial charge is 0.208 e. The second-order valence-electron chi connectivity index (χ2n) is 6.24. The number of nitrogens with zero attached hydrogens (tertiary/aromatic N) is 3. The number of hydrogen-bond acceptors (Lipinski definition) is 5. The maximum atomic E-state index is 13.7. The van der Waals surface area contributed by atoms with Gasteiger partial charge in [-0.05, 0) is 24.5 Å². The zero-order valence-electron chi connectivity index (χ0n) is 12.6. The fourth-order valence-corrected chi connectivity index (χ4v) is 3.74. The molecule has 22 heavy (non-hydrogen) atoms. The normalized spacial score (nSPS) is 22.0. The first-order valence-corrected chi connectivity index (χ1v) is 8.33. The fourth-order valence-electron chi connectivity index (χ4n) is 2.86. The van der Waals surface area contributed by atoms with Gasteiger partial charge in [0.15, 0.2) is 0 Å². The third-order valence-corrected chi connectivity index (χ3v) is 5.17. The zero-order valence-corrected chi connectivity index (χ0v) is 13.4. The highest BCUT2D eigenvalue weighted by Gasteiger charge is 2.31. The van der Waals surface area contributed by atoms with Crippen LogP contribution >= 0.6 is 11.3 Å². The van der Waals surface area contributed by atoms with Crippen molar-refractivity contribution in [3.05, 3.63) is 40.7 Å². The maximum Gasteiger partial charge on any atom is 0.208 e. The Morgan fingerprint density at radius 2 is 2.18 bits per heavy atom. The van der Waals surface area contributed by atoms with Gasteiger partial charge in [0.25, 0.3) is 0 Å². The van der Waals surface area contributed by atoms with E-state index in [1.807, 2.05) is 6.07 Å². The molecule has 1 unspecified atom stereocenters. The quantitative estimate of drug-likeness (QED) is 0.941. The Labute approximate surface area is 133 Å². The highest BCUT2D eigenvalue weighted by atomic mass is 32.1. The molecule has 3 rings (SSSR count). The lowest BCUT2D eigenvalue weighted by Crippen LogP contribution is -2.43.